The van der Waals surface area contributed by atoms with E-state index >= 15 is 0 Å². The second-order valence-corrected chi connectivity index (χ2v) is 10.4. The van der Waals surface area contributed by atoms with Crippen LogP contribution in [0.5, 0.6) is 11.5 Å². The van der Waals surface area contributed by atoms with Crippen LogP contribution in [0.1, 0.15) is 36.8 Å². The molecule has 5 rings (SSSR count). The molecule has 1 spiro atoms. The zero-order chi connectivity index (χ0) is 25.8. The predicted molar refractivity (Wildman–Crippen MR) is 127 cm³/mol. The molecule has 1 aromatic carbocycles. The van der Waals surface area contributed by atoms with Crippen LogP contribution in [0.4, 0.5) is 4.79 Å². The second kappa shape index (κ2) is 9.04. The van der Waals surface area contributed by atoms with Gasteiger partial charge in [0, 0.05) is 51.1 Å². The number of ether oxygens (including phenoxy) is 2. The molecule has 2 bridgehead atoms. The van der Waals surface area contributed by atoms with Gasteiger partial charge in [0.25, 0.3) is 0 Å². The van der Waals surface area contributed by atoms with Crippen molar-refractivity contribution in [3.8, 4) is 11.5 Å². The van der Waals surface area contributed by atoms with E-state index in [-0.39, 0.29) is 37.1 Å². The molecule has 4 N–H and O–H groups in total. The highest BCUT2D eigenvalue weighted by atomic mass is 16.6. The number of Topliss-reactive ketones (excluding diaryl/α,β-unsaturated/α-hetero) is 1. The lowest BCUT2D eigenvalue weighted by Crippen LogP contribution is -2.55. The number of hydrogen-bond acceptors (Lipinski definition) is 8. The summed E-state index contributed by atoms with van der Waals surface area (Å²) in [5, 5.41) is 11.3. The Hall–Kier alpha value is -3.18. The van der Waals surface area contributed by atoms with E-state index < -0.39 is 30.1 Å². The molecule has 2 unspecified atom stereocenters. The third-order valence-corrected chi connectivity index (χ3v) is 8.26. The average molecular weight is 501 g/mol. The number of carboxylic acid groups (broad SMARTS) is 1. The number of amides is 2. The Balaban J connectivity index is 1.25. The van der Waals surface area contributed by atoms with Gasteiger partial charge in [0.1, 0.15) is 0 Å². The number of nitrogens with one attached hydrogen (secondary N) is 1. The molecular weight excluding hydrogens is 468 g/mol. The fourth-order valence-electron chi connectivity index (χ4n) is 6.58. The lowest BCUT2D eigenvalue weighted by Gasteiger charge is -2.43. The van der Waals surface area contributed by atoms with Gasteiger partial charge in [-0.2, -0.15) is 0 Å². The van der Waals surface area contributed by atoms with E-state index in [1.165, 1.54) is 4.90 Å². The molecule has 5 atom stereocenters. The first-order valence-electron chi connectivity index (χ1n) is 12.4. The number of rotatable bonds is 8. The van der Waals surface area contributed by atoms with E-state index in [4.69, 9.17) is 20.3 Å². The van der Waals surface area contributed by atoms with Crippen LogP contribution in [-0.2, 0) is 26.2 Å². The van der Waals surface area contributed by atoms with Crippen LogP contribution in [0.25, 0.3) is 0 Å². The number of carbonyl (C=O) groups excluding carboxylic acids is 3. The van der Waals surface area contributed by atoms with Gasteiger partial charge in [-0.05, 0) is 43.9 Å². The van der Waals surface area contributed by atoms with Gasteiger partial charge in [-0.15, -0.1) is 0 Å². The monoisotopic (exact) mass is 500 g/mol. The minimum atomic E-state index is -1.02. The molecule has 11 heteroatoms. The van der Waals surface area contributed by atoms with E-state index in [1.807, 2.05) is 6.07 Å². The van der Waals surface area contributed by atoms with Crippen LogP contribution in [0.2, 0.25) is 0 Å². The number of nitrogens with two attached hydrogens (primary N) is 1. The summed E-state index contributed by atoms with van der Waals surface area (Å²) in [5.74, 6) is -0.238. The molecule has 2 fully saturated rings. The number of carbonyl (C=O) groups is 4. The third-order valence-electron chi connectivity index (χ3n) is 8.26. The van der Waals surface area contributed by atoms with E-state index in [0.29, 0.717) is 29.9 Å². The quantitative estimate of drug-likeness (QED) is 0.457. The highest BCUT2D eigenvalue weighted by Crippen LogP contribution is 2.63. The van der Waals surface area contributed by atoms with Crippen molar-refractivity contribution in [2.24, 2.45) is 11.7 Å². The molecule has 11 nitrogen and oxygen atoms in total. The summed E-state index contributed by atoms with van der Waals surface area (Å²) in [6, 6.07) is 3.17. The minimum absolute atomic E-state index is 0.0303. The summed E-state index contributed by atoms with van der Waals surface area (Å²) < 4.78 is 12.0. The molecule has 2 heterocycles. The summed E-state index contributed by atoms with van der Waals surface area (Å²) in [7, 11) is 3.66. The molecular formula is C25H32N4O7. The van der Waals surface area contributed by atoms with Crippen molar-refractivity contribution in [3.63, 3.8) is 0 Å². The molecule has 194 valence electrons. The first-order valence-corrected chi connectivity index (χ1v) is 12.4. The van der Waals surface area contributed by atoms with E-state index in [9.17, 15) is 19.2 Å². The van der Waals surface area contributed by atoms with Crippen LogP contribution in [0.15, 0.2) is 12.1 Å². The Kier molecular flexibility index (Phi) is 6.16. The molecule has 0 radical (unpaired) electrons. The van der Waals surface area contributed by atoms with E-state index in [1.54, 1.807) is 13.1 Å². The van der Waals surface area contributed by atoms with Gasteiger partial charge < -0.3 is 35.4 Å². The molecule has 1 aromatic rings. The normalized spacial score (nSPS) is 28.2. The van der Waals surface area contributed by atoms with Crippen molar-refractivity contribution in [2.75, 3.05) is 33.7 Å². The van der Waals surface area contributed by atoms with E-state index in [2.05, 4.69) is 17.3 Å². The largest absolute Gasteiger partial charge is 0.481 e. The van der Waals surface area contributed by atoms with Crippen LogP contribution in [-0.4, -0.2) is 90.6 Å². The number of benzene rings is 1. The molecule has 2 amide bonds. The van der Waals surface area contributed by atoms with Gasteiger partial charge >= 0.3 is 12.1 Å². The van der Waals surface area contributed by atoms with Gasteiger partial charge in [0.2, 0.25) is 5.91 Å². The number of carboxylic acids is 1. The molecule has 1 saturated carbocycles. The number of nitrogens with zero attached hydrogens (tertiary/aromatic N) is 2. The molecule has 36 heavy (non-hydrogen) atoms. The topological polar surface area (TPSA) is 152 Å². The Labute approximate surface area is 208 Å². The fraction of sp³-hybridized carbons (Fsp3) is 0.600. The van der Waals surface area contributed by atoms with Crippen LogP contribution in [0.3, 0.4) is 0 Å². The van der Waals surface area contributed by atoms with Crippen LogP contribution in [0, 0.1) is 5.92 Å². The maximum atomic E-state index is 12.9. The second-order valence-electron chi connectivity index (χ2n) is 10.4. The lowest BCUT2D eigenvalue weighted by molar-refractivity contribution is -0.137. The number of ketones is 1. The Bertz CT molecular complexity index is 1120. The minimum Gasteiger partial charge on any atom is -0.481 e. The first kappa shape index (κ1) is 24.5. The van der Waals surface area contributed by atoms with Crippen molar-refractivity contribution < 1.29 is 33.8 Å². The summed E-state index contributed by atoms with van der Waals surface area (Å²) in [6.07, 6.45) is 0.916. The first-order chi connectivity index (χ1) is 17.1. The summed E-state index contributed by atoms with van der Waals surface area (Å²) in [4.78, 5) is 52.1. The Morgan fingerprint density at radius 3 is 2.92 bits per heavy atom. The molecule has 2 aliphatic heterocycles. The van der Waals surface area contributed by atoms with Crippen molar-refractivity contribution in [3.05, 3.63) is 23.3 Å². The molecule has 0 aromatic heterocycles. The Morgan fingerprint density at radius 1 is 1.39 bits per heavy atom. The van der Waals surface area contributed by atoms with Gasteiger partial charge in [-0.1, -0.05) is 6.07 Å². The smallest absolute Gasteiger partial charge is 0.415 e. The molecule has 4 aliphatic rings. The van der Waals surface area contributed by atoms with Crippen molar-refractivity contribution in [1.29, 1.82) is 0 Å². The molecule has 2 aliphatic carbocycles. The fourth-order valence-corrected chi connectivity index (χ4v) is 6.58. The summed E-state index contributed by atoms with van der Waals surface area (Å²) in [5.41, 5.74) is 7.50. The van der Waals surface area contributed by atoms with Gasteiger partial charge in [-0.3, -0.25) is 14.4 Å². The predicted octanol–water partition coefficient (Wildman–Crippen LogP) is 0.274. The number of aliphatic carboxylic acids is 1. The summed E-state index contributed by atoms with van der Waals surface area (Å²) in [6.45, 7) is 1.05. The van der Waals surface area contributed by atoms with Gasteiger partial charge in [0.05, 0.1) is 11.5 Å². The standard InChI is InChI=1S/C25H32N4O7/c1-28(10-9-27-23(33)15(26)5-8-19(31)32)24(34)35-18-7-3-13-11-16-14-4-6-17(30)22-25(14,12-29(16)2)20(13)21(18)36-22/h3,7,14-16,22H,4-6,8-12,26H2,1-2H3,(H,27,33)(H,31,32)/t14?,15-,16+,22?,25-/m0/s1. The molecule has 1 saturated heterocycles. The number of likely N-dealkylation sites (N-methyl/N-ethyl adjacent to an activating group) is 2. The lowest BCUT2D eigenvalue weighted by atomic mass is 9.57. The SMILES string of the molecule is CN(CCNC(=O)[C@@H](N)CCC(=O)O)C(=O)Oc1ccc2c3c1OC1C(=O)CCC4[C@@H](C2)N(C)C[C@]314. The Morgan fingerprint density at radius 2 is 2.17 bits per heavy atom. The maximum absolute atomic E-state index is 12.9. The highest BCUT2D eigenvalue weighted by Gasteiger charge is 2.68. The van der Waals surface area contributed by atoms with Gasteiger partial charge in [-0.25, -0.2) is 4.79 Å². The number of hydrogen-bond donors (Lipinski definition) is 3. The van der Waals surface area contributed by atoms with Crippen molar-refractivity contribution in [1.82, 2.24) is 15.1 Å². The zero-order valence-corrected chi connectivity index (χ0v) is 20.5. The van der Waals surface area contributed by atoms with Crippen LogP contribution >= 0.6 is 0 Å². The van der Waals surface area contributed by atoms with Crippen molar-refractivity contribution in [2.45, 2.75) is 55.7 Å². The highest BCUT2D eigenvalue weighted by molar-refractivity contribution is 5.89. The zero-order valence-electron chi connectivity index (χ0n) is 20.5. The van der Waals surface area contributed by atoms with Crippen molar-refractivity contribution >= 4 is 23.8 Å². The average Bonchev–Trinajstić information content (AvgIpc) is 3.29. The van der Waals surface area contributed by atoms with Crippen LogP contribution < -0.4 is 20.5 Å². The van der Waals surface area contributed by atoms with E-state index in [0.717, 1.165) is 30.5 Å². The summed E-state index contributed by atoms with van der Waals surface area (Å²) >= 11 is 0. The third kappa shape index (κ3) is 3.81. The number of likely N-dealkylation sites (tertiary alicyclic amines) is 1. The van der Waals surface area contributed by atoms with Gasteiger partial charge in [0.15, 0.2) is 23.4 Å². The maximum Gasteiger partial charge on any atom is 0.415 e.